The molecule has 0 spiro atoms. The van der Waals surface area contributed by atoms with E-state index in [-0.39, 0.29) is 83.7 Å². The molecule has 0 radical (unpaired) electrons. The molecular weight excluding hydrogens is 1470 g/mol. The zero-order valence-corrected chi connectivity index (χ0v) is 58.0. The summed E-state index contributed by atoms with van der Waals surface area (Å²) < 4.78 is 22.1. The number of likely N-dealkylation sites (tertiary alicyclic amines) is 1. The molecule has 2 fully saturated rings. The van der Waals surface area contributed by atoms with Crippen molar-refractivity contribution in [3.05, 3.63) is 189 Å². The van der Waals surface area contributed by atoms with E-state index < -0.39 is 41.9 Å². The van der Waals surface area contributed by atoms with Crippen molar-refractivity contribution in [1.82, 2.24) is 85.7 Å². The van der Waals surface area contributed by atoms with Crippen LogP contribution in [-0.4, -0.2) is 228 Å². The summed E-state index contributed by atoms with van der Waals surface area (Å²) in [6, 6.07) is 34.1. The number of hydrogen-bond donors (Lipinski definition) is 5. The SMILES string of the molecule is C.C1=NCN=N1.CN(C)CC(=O)O.COC(=O)c1c(C#N)ccnc1O[C@@H]1CC[C@@H](C)N(C(=O)c2ccccc2-n2ncnn2)C1.COC(=O)c1c(C#N)ccnc1O[C@@H]1CC[C@@H](C)NC1.O=C(O)c1ccccc1-n1ncnn1.O=C(O)c1ccccc1-n1ncnn1.O=C(O)c1ccccc1I. The standard InChI is InChI=1S/C22H21N7O4.C14H17N3O3.2C8H6N4O2.C7H5IO2.C4H9NO2.C2H3N3.CH4/c1-14-7-8-16(33-20-19(22(31)32-2)15(11-23)9-10-24-20)12-28(14)21(30)17-5-3-4-6-18(17)29-26-13-25-27-29;1-9-3-4-11(8-17-9)20-13-12(14(18)19-2)10(7-15)5-6-16-13;2*13-8(14)6-3-1-2-4-7(6)12-10-5-9-11-12;8-6-4-2-1-3-5(6)7(9)10;1-5(2)3-4(6)7;1-3-2-5-4-1;/h3-6,9-10,13-14,16H,7-8,12H2,1-2H3;5-6,9,11,17H,3-4,8H2,1-2H3;2*1-5H,(H,13,14);1-4H,(H,9,10);3H2,1-2H3,(H,6,7);1H,2H2;1H4/t14-,16-;9-,11-;;;;;;/m11....../s1. The highest BCUT2D eigenvalue weighted by atomic mass is 127. The number of nitrogens with zero attached hydrogens (tertiary/aromatic N) is 21. The highest BCUT2D eigenvalue weighted by molar-refractivity contribution is 14.1. The van der Waals surface area contributed by atoms with Gasteiger partial charge in [0.25, 0.3) is 5.91 Å². The molecule has 0 aliphatic carbocycles. The molecule has 2 saturated heterocycles. The molecule has 0 bridgehead atoms. The van der Waals surface area contributed by atoms with Gasteiger partial charge in [0.1, 0.15) is 58.9 Å². The number of hydrogen-bond acceptors (Lipinski definition) is 29. The van der Waals surface area contributed by atoms with E-state index >= 15 is 0 Å². The number of carbonyl (C=O) groups excluding carboxylic acids is 3. The van der Waals surface area contributed by atoms with Crippen molar-refractivity contribution in [2.45, 2.75) is 71.2 Å². The second kappa shape index (κ2) is 42.3. The summed E-state index contributed by atoms with van der Waals surface area (Å²) in [5.74, 6) is -5.03. The lowest BCUT2D eigenvalue weighted by Crippen LogP contribution is -2.49. The molecule has 4 atom stereocenters. The maximum absolute atomic E-state index is 13.5. The summed E-state index contributed by atoms with van der Waals surface area (Å²) in [7, 11) is 5.93. The van der Waals surface area contributed by atoms with E-state index in [2.05, 4.69) is 83.7 Å². The fourth-order valence-corrected chi connectivity index (χ4v) is 9.87. The third-order valence-electron chi connectivity index (χ3n) is 14.1. The topological polar surface area (TPSA) is 497 Å². The number of esters is 2. The van der Waals surface area contributed by atoms with Gasteiger partial charge in [0.15, 0.2) is 25.7 Å². The summed E-state index contributed by atoms with van der Waals surface area (Å²) in [5.41, 5.74) is 2.79. The van der Waals surface area contributed by atoms with E-state index in [4.69, 9.17) is 44.6 Å². The minimum Gasteiger partial charge on any atom is -0.480 e. The number of ether oxygens (including phenoxy) is 4. The maximum Gasteiger partial charge on any atom is 0.344 e. The molecule has 5 aromatic heterocycles. The van der Waals surface area contributed by atoms with Gasteiger partial charge in [0.2, 0.25) is 11.8 Å². The molecule has 3 aliphatic rings. The zero-order valence-electron chi connectivity index (χ0n) is 55.9. The van der Waals surface area contributed by atoms with Crippen LogP contribution in [0.15, 0.2) is 156 Å². The number of halogens is 1. The molecule has 3 aliphatic heterocycles. The summed E-state index contributed by atoms with van der Waals surface area (Å²) >= 11 is 1.99. The number of likely N-dealkylation sites (N-methyl/N-ethyl adjacent to an activating group) is 1. The Balaban J connectivity index is 0.000000236. The molecule has 1 amide bonds. The Kier molecular flexibility index (Phi) is 33.3. The Morgan fingerprint density at radius 2 is 1.03 bits per heavy atom. The van der Waals surface area contributed by atoms with Gasteiger partial charge in [-0.2, -0.15) is 15.6 Å². The van der Waals surface area contributed by atoms with Crippen LogP contribution in [0.2, 0.25) is 0 Å². The summed E-state index contributed by atoms with van der Waals surface area (Å²) in [5, 5.41) is 96.4. The van der Waals surface area contributed by atoms with Gasteiger partial charge < -0.3 is 49.6 Å². The number of para-hydroxylation sites is 3. The fourth-order valence-electron chi connectivity index (χ4n) is 9.25. The molecule has 542 valence electrons. The van der Waals surface area contributed by atoms with Crippen molar-refractivity contribution in [1.29, 1.82) is 10.5 Å². The molecule has 5 N–H and O–H groups in total. The van der Waals surface area contributed by atoms with Crippen LogP contribution in [-0.2, 0) is 14.3 Å². The minimum absolute atomic E-state index is 0. The van der Waals surface area contributed by atoms with Crippen molar-refractivity contribution < 1.29 is 72.9 Å². The number of piperidine rings is 2. The number of aliphatic carboxylic acids is 1. The predicted octanol–water partition coefficient (Wildman–Crippen LogP) is 6.46. The average molecular weight is 1540 g/mol. The fraction of sp³-hybridized carbons (Fsp3) is 0.288. The van der Waals surface area contributed by atoms with Gasteiger partial charge in [-0.15, -0.1) is 50.1 Å². The Hall–Kier alpha value is -12.8. The number of nitriles is 2. The number of carbonyl (C=O) groups is 7. The maximum atomic E-state index is 13.5. The van der Waals surface area contributed by atoms with Crippen molar-refractivity contribution >= 4 is 70.7 Å². The van der Waals surface area contributed by atoms with E-state index in [9.17, 15) is 38.8 Å². The second-order valence-corrected chi connectivity index (χ2v) is 22.6. The molecule has 38 heteroatoms. The summed E-state index contributed by atoms with van der Waals surface area (Å²) in [6.07, 6.45) is 10.8. The van der Waals surface area contributed by atoms with E-state index in [1.54, 1.807) is 103 Å². The van der Waals surface area contributed by atoms with Crippen LogP contribution >= 0.6 is 22.6 Å². The van der Waals surface area contributed by atoms with Gasteiger partial charge in [-0.3, -0.25) is 14.5 Å². The molecule has 0 saturated carbocycles. The first-order valence-corrected chi connectivity index (χ1v) is 31.6. The number of aromatic carboxylic acids is 3. The van der Waals surface area contributed by atoms with Gasteiger partial charge in [-0.1, -0.05) is 56.0 Å². The highest BCUT2D eigenvalue weighted by Crippen LogP contribution is 2.29. The monoisotopic (exact) mass is 1540 g/mol. The number of tetrazole rings is 3. The average Bonchev–Trinajstić information content (AvgIpc) is 0.905. The van der Waals surface area contributed by atoms with Crippen LogP contribution in [0.5, 0.6) is 11.8 Å². The van der Waals surface area contributed by atoms with Crippen LogP contribution < -0.4 is 14.8 Å². The molecule has 9 aromatic rings. The number of carboxylic acid groups (broad SMARTS) is 4. The molecule has 4 aromatic carbocycles. The van der Waals surface area contributed by atoms with Gasteiger partial charge in [0.05, 0.1) is 60.7 Å². The quantitative estimate of drug-likeness (QED) is 0.0542. The zero-order chi connectivity index (χ0) is 74.8. The van der Waals surface area contributed by atoms with Crippen molar-refractivity contribution in [2.24, 2.45) is 15.2 Å². The lowest BCUT2D eigenvalue weighted by Gasteiger charge is -2.38. The van der Waals surface area contributed by atoms with Crippen LogP contribution in [0, 0.1) is 26.2 Å². The van der Waals surface area contributed by atoms with Crippen molar-refractivity contribution in [3.8, 4) is 41.0 Å². The predicted molar refractivity (Wildman–Crippen MR) is 374 cm³/mol. The molecule has 37 nitrogen and oxygen atoms in total. The molecular formula is C66H71IN22O15. The first-order chi connectivity index (χ1) is 49.6. The van der Waals surface area contributed by atoms with Crippen LogP contribution in [0.4, 0.5) is 0 Å². The third kappa shape index (κ3) is 24.5. The van der Waals surface area contributed by atoms with Crippen molar-refractivity contribution in [3.63, 3.8) is 0 Å². The summed E-state index contributed by atoms with van der Waals surface area (Å²) in [6.45, 7) is 5.70. The lowest BCUT2D eigenvalue weighted by molar-refractivity contribution is -0.137. The van der Waals surface area contributed by atoms with Gasteiger partial charge in [0, 0.05) is 34.6 Å². The van der Waals surface area contributed by atoms with E-state index in [0.717, 1.165) is 16.4 Å². The van der Waals surface area contributed by atoms with Crippen molar-refractivity contribution in [2.75, 3.05) is 54.6 Å². The first-order valence-electron chi connectivity index (χ1n) is 30.6. The first kappa shape index (κ1) is 81.9. The number of carboxylic acids is 4. The van der Waals surface area contributed by atoms with E-state index in [0.29, 0.717) is 60.3 Å². The van der Waals surface area contributed by atoms with Crippen LogP contribution in [0.1, 0.15) is 120 Å². The molecule has 0 unspecified atom stereocenters. The molecule has 8 heterocycles. The Labute approximate surface area is 607 Å². The largest absolute Gasteiger partial charge is 0.480 e. The smallest absolute Gasteiger partial charge is 0.344 e. The van der Waals surface area contributed by atoms with Gasteiger partial charge in [-0.25, -0.2) is 38.9 Å². The van der Waals surface area contributed by atoms with E-state index in [1.807, 2.05) is 47.7 Å². The Morgan fingerprint density at radius 1 is 0.596 bits per heavy atom. The third-order valence-corrected chi connectivity index (χ3v) is 15.1. The van der Waals surface area contributed by atoms with Gasteiger partial charge >= 0.3 is 35.8 Å². The van der Waals surface area contributed by atoms with Crippen LogP contribution in [0.25, 0.3) is 17.1 Å². The minimum atomic E-state index is -1.02. The highest BCUT2D eigenvalue weighted by Gasteiger charge is 2.34. The Bertz CT molecular complexity index is 4350. The number of amides is 1. The number of nitrogens with one attached hydrogen (secondary N) is 1. The number of aromatic nitrogens is 14. The lowest BCUT2D eigenvalue weighted by atomic mass is 9.99. The van der Waals surface area contributed by atoms with E-state index in [1.165, 1.54) is 90.6 Å². The number of rotatable bonds is 15. The van der Waals surface area contributed by atoms with Crippen LogP contribution in [0.3, 0.4) is 0 Å². The molecule has 12 rings (SSSR count). The number of methoxy groups -OCH3 is 2. The number of aliphatic imine (C=N–C) groups is 1. The number of azo groups is 1. The number of benzene rings is 4. The second-order valence-electron chi connectivity index (χ2n) is 21.5. The Morgan fingerprint density at radius 3 is 1.38 bits per heavy atom. The van der Waals surface area contributed by atoms with Gasteiger partial charge in [-0.05, 0) is 153 Å². The number of pyridine rings is 2. The normalized spacial score (nSPS) is 14.9. The molecule has 104 heavy (non-hydrogen) atoms. The summed E-state index contributed by atoms with van der Waals surface area (Å²) in [4.78, 5) is 98.2.